The minimum atomic E-state index is -0.776. The van der Waals surface area contributed by atoms with E-state index in [2.05, 4.69) is 10.2 Å². The van der Waals surface area contributed by atoms with Crippen LogP contribution in [0, 0.1) is 6.92 Å². The van der Waals surface area contributed by atoms with E-state index in [4.69, 9.17) is 9.31 Å². The highest BCUT2D eigenvalue weighted by Crippen LogP contribution is 2.36. The maximum absolute atomic E-state index is 10.5. The molecule has 0 amide bonds. The van der Waals surface area contributed by atoms with Gasteiger partial charge in [-0.05, 0) is 51.7 Å². The third-order valence-corrected chi connectivity index (χ3v) is 4.76. The van der Waals surface area contributed by atoms with E-state index in [0.717, 1.165) is 16.7 Å². The van der Waals surface area contributed by atoms with E-state index in [0.29, 0.717) is 5.69 Å². The predicted octanol–water partition coefficient (Wildman–Crippen LogP) is 2.10. The van der Waals surface area contributed by atoms with E-state index in [-0.39, 0.29) is 11.2 Å². The van der Waals surface area contributed by atoms with Crippen LogP contribution < -0.4 is 5.46 Å². The van der Waals surface area contributed by atoms with Crippen molar-refractivity contribution in [3.8, 4) is 0 Å². The van der Waals surface area contributed by atoms with Crippen LogP contribution in [0.5, 0.6) is 0 Å². The summed E-state index contributed by atoms with van der Waals surface area (Å²) in [7, 11) is -0.437. The van der Waals surface area contributed by atoms with Gasteiger partial charge in [-0.2, -0.15) is 5.10 Å². The Bertz CT molecular complexity index is 695. The molecule has 1 unspecified atom stereocenters. The number of rotatable bonds is 3. The Balaban J connectivity index is 1.86. The second-order valence-corrected chi connectivity index (χ2v) is 7.14. The molecule has 23 heavy (non-hydrogen) atoms. The Kier molecular flexibility index (Phi) is 3.87. The van der Waals surface area contributed by atoms with Gasteiger partial charge in [-0.3, -0.25) is 5.10 Å². The fraction of sp³-hybridized carbons (Fsp3) is 0.471. The second kappa shape index (κ2) is 5.48. The predicted molar refractivity (Wildman–Crippen MR) is 89.5 cm³/mol. The number of hydrogen-bond acceptors (Lipinski definition) is 4. The highest BCUT2D eigenvalue weighted by atomic mass is 16.7. The van der Waals surface area contributed by atoms with Crippen molar-refractivity contribution in [2.24, 2.45) is 0 Å². The quantitative estimate of drug-likeness (QED) is 0.852. The lowest BCUT2D eigenvalue weighted by molar-refractivity contribution is 0.00578. The molecule has 1 saturated heterocycles. The SMILES string of the molecule is Cc1cc(C(O)c2cccc(B3OC(C)(C)C(C)(C)O3)c2)n[nH]1. The number of aromatic nitrogens is 2. The van der Waals surface area contributed by atoms with Crippen LogP contribution >= 0.6 is 0 Å². The summed E-state index contributed by atoms with van der Waals surface area (Å²) in [6.45, 7) is 10.0. The molecule has 1 aromatic carbocycles. The number of hydrogen-bond donors (Lipinski definition) is 2. The van der Waals surface area contributed by atoms with E-state index in [1.165, 1.54) is 0 Å². The Hall–Kier alpha value is -1.63. The molecule has 122 valence electrons. The summed E-state index contributed by atoms with van der Waals surface area (Å²) >= 11 is 0. The highest BCUT2D eigenvalue weighted by molar-refractivity contribution is 6.62. The van der Waals surface area contributed by atoms with Crippen molar-refractivity contribution >= 4 is 12.6 Å². The number of aliphatic hydroxyl groups is 1. The van der Waals surface area contributed by atoms with Crippen LogP contribution in [0.3, 0.4) is 0 Å². The van der Waals surface area contributed by atoms with Gasteiger partial charge in [0.2, 0.25) is 0 Å². The fourth-order valence-corrected chi connectivity index (χ4v) is 2.60. The monoisotopic (exact) mass is 314 g/mol. The van der Waals surface area contributed by atoms with Crippen molar-refractivity contribution in [2.75, 3.05) is 0 Å². The maximum Gasteiger partial charge on any atom is 0.494 e. The van der Waals surface area contributed by atoms with Crippen LogP contribution in [-0.2, 0) is 9.31 Å². The van der Waals surface area contributed by atoms with Gasteiger partial charge in [-0.15, -0.1) is 0 Å². The van der Waals surface area contributed by atoms with E-state index >= 15 is 0 Å². The summed E-state index contributed by atoms with van der Waals surface area (Å²) in [4.78, 5) is 0. The van der Waals surface area contributed by atoms with Gasteiger partial charge < -0.3 is 14.4 Å². The van der Waals surface area contributed by atoms with Crippen molar-refractivity contribution in [3.63, 3.8) is 0 Å². The number of aryl methyl sites for hydroxylation is 1. The molecule has 5 nitrogen and oxygen atoms in total. The average Bonchev–Trinajstić information content (AvgIpc) is 3.00. The Morgan fingerprint density at radius 1 is 1.13 bits per heavy atom. The molecule has 1 aliphatic rings. The number of aliphatic hydroxyl groups excluding tert-OH is 1. The highest BCUT2D eigenvalue weighted by Gasteiger charge is 2.51. The Morgan fingerprint density at radius 3 is 2.35 bits per heavy atom. The molecular weight excluding hydrogens is 291 g/mol. The summed E-state index contributed by atoms with van der Waals surface area (Å²) in [6.07, 6.45) is -0.776. The molecule has 2 aromatic rings. The van der Waals surface area contributed by atoms with Crippen LogP contribution in [-0.4, -0.2) is 33.6 Å². The molecule has 2 heterocycles. The zero-order valence-electron chi connectivity index (χ0n) is 14.3. The number of H-pyrrole nitrogens is 1. The first-order valence-electron chi connectivity index (χ1n) is 7.85. The van der Waals surface area contributed by atoms with Crippen LogP contribution in [0.4, 0.5) is 0 Å². The van der Waals surface area contributed by atoms with E-state index < -0.39 is 13.2 Å². The van der Waals surface area contributed by atoms with Crippen molar-refractivity contribution in [1.29, 1.82) is 0 Å². The molecule has 1 fully saturated rings. The largest absolute Gasteiger partial charge is 0.494 e. The minimum absolute atomic E-state index is 0.383. The van der Waals surface area contributed by atoms with E-state index in [1.54, 1.807) is 0 Å². The molecule has 1 aliphatic heterocycles. The van der Waals surface area contributed by atoms with Gasteiger partial charge in [0, 0.05) is 5.69 Å². The van der Waals surface area contributed by atoms with Crippen LogP contribution in [0.1, 0.15) is 50.8 Å². The third-order valence-electron chi connectivity index (χ3n) is 4.76. The Labute approximate surface area is 137 Å². The first-order chi connectivity index (χ1) is 10.7. The van der Waals surface area contributed by atoms with E-state index in [9.17, 15) is 5.11 Å². The molecule has 1 atom stereocenters. The maximum atomic E-state index is 10.5. The summed E-state index contributed by atoms with van der Waals surface area (Å²) < 4.78 is 12.1. The van der Waals surface area contributed by atoms with Crippen molar-refractivity contribution in [2.45, 2.75) is 51.9 Å². The van der Waals surface area contributed by atoms with Crippen LogP contribution in [0.25, 0.3) is 0 Å². The number of nitrogens with one attached hydrogen (secondary N) is 1. The third kappa shape index (κ3) is 2.94. The van der Waals surface area contributed by atoms with Crippen molar-refractivity contribution < 1.29 is 14.4 Å². The first-order valence-corrected chi connectivity index (χ1v) is 7.85. The molecule has 6 heteroatoms. The number of benzene rings is 1. The molecule has 0 saturated carbocycles. The Morgan fingerprint density at radius 2 is 1.78 bits per heavy atom. The van der Waals surface area contributed by atoms with Gasteiger partial charge in [-0.1, -0.05) is 24.3 Å². The van der Waals surface area contributed by atoms with Crippen LogP contribution in [0.2, 0.25) is 0 Å². The lowest BCUT2D eigenvalue weighted by atomic mass is 9.78. The standard InChI is InChI=1S/C17H23BN2O3/c1-11-9-14(20-19-11)15(21)12-7-6-8-13(10-12)18-22-16(2,3)17(4,5)23-18/h6-10,15,21H,1-5H3,(H,19,20). The van der Waals surface area contributed by atoms with Gasteiger partial charge in [0.05, 0.1) is 16.9 Å². The lowest BCUT2D eigenvalue weighted by Gasteiger charge is -2.32. The molecule has 0 spiro atoms. The van der Waals surface area contributed by atoms with Gasteiger partial charge in [-0.25, -0.2) is 0 Å². The van der Waals surface area contributed by atoms with Gasteiger partial charge >= 0.3 is 7.12 Å². The van der Waals surface area contributed by atoms with E-state index in [1.807, 2.05) is 65.0 Å². The second-order valence-electron chi connectivity index (χ2n) is 7.14. The summed E-state index contributed by atoms with van der Waals surface area (Å²) in [5.41, 5.74) is 2.42. The summed E-state index contributed by atoms with van der Waals surface area (Å²) in [5.74, 6) is 0. The van der Waals surface area contributed by atoms with Crippen molar-refractivity contribution in [3.05, 3.63) is 47.3 Å². The minimum Gasteiger partial charge on any atom is -0.399 e. The zero-order valence-corrected chi connectivity index (χ0v) is 14.3. The van der Waals surface area contributed by atoms with Crippen LogP contribution in [0.15, 0.2) is 30.3 Å². The summed E-state index contributed by atoms with van der Waals surface area (Å²) in [6, 6.07) is 9.49. The normalized spacial score (nSPS) is 20.7. The molecule has 0 bridgehead atoms. The number of aromatic amines is 1. The zero-order chi connectivity index (χ0) is 16.8. The molecule has 3 rings (SSSR count). The topological polar surface area (TPSA) is 67.4 Å². The number of nitrogens with zero attached hydrogens (tertiary/aromatic N) is 1. The van der Waals surface area contributed by atoms with Gasteiger partial charge in [0.25, 0.3) is 0 Å². The molecule has 2 N–H and O–H groups in total. The van der Waals surface area contributed by atoms with Gasteiger partial charge in [0.1, 0.15) is 6.10 Å². The van der Waals surface area contributed by atoms with Crippen molar-refractivity contribution in [1.82, 2.24) is 10.2 Å². The molecule has 1 aromatic heterocycles. The fourth-order valence-electron chi connectivity index (χ4n) is 2.60. The molecule has 0 radical (unpaired) electrons. The molecule has 0 aliphatic carbocycles. The first kappa shape index (κ1) is 16.2. The lowest BCUT2D eigenvalue weighted by Crippen LogP contribution is -2.41. The average molecular weight is 314 g/mol. The summed E-state index contributed by atoms with van der Waals surface area (Å²) in [5, 5.41) is 17.5. The molecular formula is C17H23BN2O3. The van der Waals surface area contributed by atoms with Gasteiger partial charge in [0.15, 0.2) is 0 Å². The smallest absolute Gasteiger partial charge is 0.399 e.